The lowest BCUT2D eigenvalue weighted by molar-refractivity contribution is -0.123. The zero-order valence-electron chi connectivity index (χ0n) is 12.0. The Balaban J connectivity index is 1.94. The van der Waals surface area contributed by atoms with E-state index in [0.717, 1.165) is 16.9 Å². The standard InChI is InChI=1S/C15H22N2O3/c1-3-20-14-6-10(2)4-5-11(14)8-17-15(19)13-7-12(18)9-16-13/h4-6,12-13,16,18H,3,7-9H2,1-2H3,(H,17,19). The van der Waals surface area contributed by atoms with Gasteiger partial charge in [0.2, 0.25) is 5.91 Å². The topological polar surface area (TPSA) is 70.6 Å². The quantitative estimate of drug-likeness (QED) is 0.743. The van der Waals surface area contributed by atoms with Crippen molar-refractivity contribution in [3.63, 3.8) is 0 Å². The molecule has 1 fully saturated rings. The molecule has 0 bridgehead atoms. The summed E-state index contributed by atoms with van der Waals surface area (Å²) in [5.41, 5.74) is 2.09. The zero-order chi connectivity index (χ0) is 14.5. The number of carbonyl (C=O) groups excluding carboxylic acids is 1. The molecular formula is C15H22N2O3. The van der Waals surface area contributed by atoms with E-state index >= 15 is 0 Å². The second-order valence-electron chi connectivity index (χ2n) is 5.11. The Kier molecular flexibility index (Phi) is 4.98. The van der Waals surface area contributed by atoms with Crippen LogP contribution in [0, 0.1) is 6.92 Å². The molecule has 2 unspecified atom stereocenters. The van der Waals surface area contributed by atoms with Gasteiger partial charge in [0.25, 0.3) is 0 Å². The Labute approximate surface area is 119 Å². The molecule has 1 aliphatic rings. The van der Waals surface area contributed by atoms with Gasteiger partial charge in [-0.15, -0.1) is 0 Å². The molecule has 1 amide bonds. The van der Waals surface area contributed by atoms with Crippen LogP contribution >= 0.6 is 0 Å². The molecule has 2 rings (SSSR count). The van der Waals surface area contributed by atoms with Crippen LogP contribution in [0.4, 0.5) is 0 Å². The summed E-state index contributed by atoms with van der Waals surface area (Å²) in [6.45, 7) is 5.46. The van der Waals surface area contributed by atoms with Crippen LogP contribution in [0.15, 0.2) is 18.2 Å². The van der Waals surface area contributed by atoms with Crippen LogP contribution in [0.1, 0.15) is 24.5 Å². The second-order valence-corrected chi connectivity index (χ2v) is 5.11. The lowest BCUT2D eigenvalue weighted by Crippen LogP contribution is -2.40. The number of hydrogen-bond acceptors (Lipinski definition) is 4. The number of hydrogen-bond donors (Lipinski definition) is 3. The molecule has 3 N–H and O–H groups in total. The van der Waals surface area contributed by atoms with Crippen LogP contribution in [-0.2, 0) is 11.3 Å². The fourth-order valence-electron chi connectivity index (χ4n) is 2.32. The predicted molar refractivity (Wildman–Crippen MR) is 76.6 cm³/mol. The van der Waals surface area contributed by atoms with Crippen LogP contribution < -0.4 is 15.4 Å². The summed E-state index contributed by atoms with van der Waals surface area (Å²) in [4.78, 5) is 12.0. The van der Waals surface area contributed by atoms with Gasteiger partial charge in [-0.1, -0.05) is 12.1 Å². The smallest absolute Gasteiger partial charge is 0.237 e. The van der Waals surface area contributed by atoms with Crippen LogP contribution in [0.3, 0.4) is 0 Å². The average molecular weight is 278 g/mol. The van der Waals surface area contributed by atoms with E-state index in [1.807, 2.05) is 32.0 Å². The number of carbonyl (C=O) groups is 1. The van der Waals surface area contributed by atoms with E-state index in [2.05, 4.69) is 10.6 Å². The molecule has 20 heavy (non-hydrogen) atoms. The van der Waals surface area contributed by atoms with Gasteiger partial charge in [0.15, 0.2) is 0 Å². The van der Waals surface area contributed by atoms with E-state index in [-0.39, 0.29) is 11.9 Å². The van der Waals surface area contributed by atoms with Gasteiger partial charge < -0.3 is 20.5 Å². The molecular weight excluding hydrogens is 256 g/mol. The number of rotatable bonds is 5. The molecule has 1 aliphatic heterocycles. The van der Waals surface area contributed by atoms with Crippen molar-refractivity contribution < 1.29 is 14.6 Å². The molecule has 110 valence electrons. The lowest BCUT2D eigenvalue weighted by atomic mass is 10.1. The van der Waals surface area contributed by atoms with E-state index in [1.54, 1.807) is 0 Å². The maximum Gasteiger partial charge on any atom is 0.237 e. The first-order valence-corrected chi connectivity index (χ1v) is 7.01. The maximum atomic E-state index is 12.0. The van der Waals surface area contributed by atoms with Gasteiger partial charge in [-0.05, 0) is 31.9 Å². The minimum absolute atomic E-state index is 0.0791. The van der Waals surface area contributed by atoms with E-state index in [0.29, 0.717) is 26.1 Å². The Morgan fingerprint density at radius 2 is 2.35 bits per heavy atom. The summed E-state index contributed by atoms with van der Waals surface area (Å²) < 4.78 is 5.59. The highest BCUT2D eigenvalue weighted by molar-refractivity contribution is 5.82. The molecule has 1 heterocycles. The summed E-state index contributed by atoms with van der Waals surface area (Å²) in [7, 11) is 0. The summed E-state index contributed by atoms with van der Waals surface area (Å²) in [5.74, 6) is 0.733. The molecule has 1 aromatic rings. The molecule has 1 aromatic carbocycles. The van der Waals surface area contributed by atoms with Crippen LogP contribution in [0.2, 0.25) is 0 Å². The third-order valence-electron chi connectivity index (χ3n) is 3.40. The summed E-state index contributed by atoms with van der Waals surface area (Å²) >= 11 is 0. The third-order valence-corrected chi connectivity index (χ3v) is 3.40. The van der Waals surface area contributed by atoms with Gasteiger partial charge in [0.1, 0.15) is 5.75 Å². The fraction of sp³-hybridized carbons (Fsp3) is 0.533. The number of benzene rings is 1. The van der Waals surface area contributed by atoms with Crippen LogP contribution in [-0.4, -0.2) is 36.3 Å². The Hall–Kier alpha value is -1.59. The number of aryl methyl sites for hydroxylation is 1. The van der Waals surface area contributed by atoms with Crippen molar-refractivity contribution in [2.24, 2.45) is 0 Å². The van der Waals surface area contributed by atoms with Crippen molar-refractivity contribution in [3.8, 4) is 5.75 Å². The van der Waals surface area contributed by atoms with Crippen molar-refractivity contribution in [3.05, 3.63) is 29.3 Å². The average Bonchev–Trinajstić information content (AvgIpc) is 2.85. The molecule has 5 nitrogen and oxygen atoms in total. The molecule has 5 heteroatoms. The van der Waals surface area contributed by atoms with E-state index in [9.17, 15) is 9.90 Å². The number of β-amino-alcohol motifs (C(OH)–C–C–N with tert-alkyl or cyclic N) is 1. The van der Waals surface area contributed by atoms with E-state index in [1.165, 1.54) is 0 Å². The van der Waals surface area contributed by atoms with Gasteiger partial charge in [0.05, 0.1) is 18.8 Å². The first kappa shape index (κ1) is 14.8. The van der Waals surface area contributed by atoms with Gasteiger partial charge >= 0.3 is 0 Å². The third kappa shape index (κ3) is 3.71. The van der Waals surface area contributed by atoms with E-state index < -0.39 is 6.10 Å². The largest absolute Gasteiger partial charge is 0.494 e. The Morgan fingerprint density at radius 1 is 1.55 bits per heavy atom. The highest BCUT2D eigenvalue weighted by Crippen LogP contribution is 2.20. The molecule has 1 saturated heterocycles. The highest BCUT2D eigenvalue weighted by atomic mass is 16.5. The molecule has 0 saturated carbocycles. The van der Waals surface area contributed by atoms with Gasteiger partial charge in [-0.3, -0.25) is 4.79 Å². The molecule has 0 spiro atoms. The van der Waals surface area contributed by atoms with Gasteiger partial charge in [-0.2, -0.15) is 0 Å². The summed E-state index contributed by atoms with van der Waals surface area (Å²) in [5, 5.41) is 15.3. The minimum atomic E-state index is -0.427. The van der Waals surface area contributed by atoms with Gasteiger partial charge in [0, 0.05) is 18.7 Å². The van der Waals surface area contributed by atoms with Crippen molar-refractivity contribution in [1.82, 2.24) is 10.6 Å². The zero-order valence-corrected chi connectivity index (χ0v) is 12.0. The first-order valence-electron chi connectivity index (χ1n) is 7.01. The molecule has 0 radical (unpaired) electrons. The van der Waals surface area contributed by atoms with Gasteiger partial charge in [-0.25, -0.2) is 0 Å². The number of aliphatic hydroxyl groups is 1. The predicted octanol–water partition coefficient (Wildman–Crippen LogP) is 0.733. The SMILES string of the molecule is CCOc1cc(C)ccc1CNC(=O)C1CC(O)CN1. The number of aliphatic hydroxyl groups excluding tert-OH is 1. The van der Waals surface area contributed by atoms with Crippen LogP contribution in [0.5, 0.6) is 5.75 Å². The summed E-state index contributed by atoms with van der Waals surface area (Å²) in [6.07, 6.45) is 0.0435. The van der Waals surface area contributed by atoms with Crippen LogP contribution in [0.25, 0.3) is 0 Å². The second kappa shape index (κ2) is 6.72. The number of amides is 1. The van der Waals surface area contributed by atoms with E-state index in [4.69, 9.17) is 4.74 Å². The lowest BCUT2D eigenvalue weighted by Gasteiger charge is -2.14. The normalized spacial score (nSPS) is 21.8. The first-order chi connectivity index (χ1) is 9.60. The van der Waals surface area contributed by atoms with Crippen molar-refractivity contribution >= 4 is 5.91 Å². The minimum Gasteiger partial charge on any atom is -0.494 e. The fourth-order valence-corrected chi connectivity index (χ4v) is 2.32. The summed E-state index contributed by atoms with van der Waals surface area (Å²) in [6, 6.07) is 5.65. The van der Waals surface area contributed by atoms with Crippen molar-refractivity contribution in [1.29, 1.82) is 0 Å². The molecule has 0 aromatic heterocycles. The molecule has 0 aliphatic carbocycles. The number of nitrogens with one attached hydrogen (secondary N) is 2. The molecule has 2 atom stereocenters. The van der Waals surface area contributed by atoms with Crippen molar-refractivity contribution in [2.45, 2.75) is 39.0 Å². The Bertz CT molecular complexity index is 476. The highest BCUT2D eigenvalue weighted by Gasteiger charge is 2.27. The Morgan fingerprint density at radius 3 is 3.00 bits per heavy atom. The maximum absolute atomic E-state index is 12.0. The monoisotopic (exact) mass is 278 g/mol. The van der Waals surface area contributed by atoms with Crippen molar-refractivity contribution in [2.75, 3.05) is 13.2 Å². The number of ether oxygens (including phenoxy) is 1.